The predicted octanol–water partition coefficient (Wildman–Crippen LogP) is 1.89. The van der Waals surface area contributed by atoms with E-state index in [9.17, 15) is 4.79 Å². The molecule has 2 aromatic rings. The first-order chi connectivity index (χ1) is 10.7. The highest BCUT2D eigenvalue weighted by Crippen LogP contribution is 2.28. The number of fused-ring (bicyclic) bond motifs is 1. The standard InChI is InChI=1S/C17H20N4O.ClH/c1-12-16(11-21(19-12)15-5-3-2-4-6-15)17(22)20-9-13-7-18-8-14(13)10-20;/h2-6,11,13-14,18H,7-10H2,1H3;1H/t13-,14+;. The zero-order valence-electron chi connectivity index (χ0n) is 13.1. The summed E-state index contributed by atoms with van der Waals surface area (Å²) >= 11 is 0. The quantitative estimate of drug-likeness (QED) is 0.913. The normalized spacial score (nSPS) is 22.7. The Kier molecular flexibility index (Phi) is 4.41. The van der Waals surface area contributed by atoms with Crippen LogP contribution in [0.3, 0.4) is 0 Å². The van der Waals surface area contributed by atoms with Crippen LogP contribution in [0.2, 0.25) is 0 Å². The molecule has 1 amide bonds. The van der Waals surface area contributed by atoms with Crippen LogP contribution >= 0.6 is 12.4 Å². The number of para-hydroxylation sites is 1. The largest absolute Gasteiger partial charge is 0.338 e. The zero-order chi connectivity index (χ0) is 15.1. The maximum Gasteiger partial charge on any atom is 0.257 e. The maximum atomic E-state index is 12.8. The fourth-order valence-electron chi connectivity index (χ4n) is 3.57. The van der Waals surface area contributed by atoms with Crippen LogP contribution < -0.4 is 5.32 Å². The molecule has 1 N–H and O–H groups in total. The summed E-state index contributed by atoms with van der Waals surface area (Å²) in [6.45, 7) is 5.72. The average molecular weight is 333 g/mol. The van der Waals surface area contributed by atoms with Gasteiger partial charge in [0, 0.05) is 32.4 Å². The highest BCUT2D eigenvalue weighted by atomic mass is 35.5. The van der Waals surface area contributed by atoms with Crippen LogP contribution in [-0.2, 0) is 0 Å². The highest BCUT2D eigenvalue weighted by Gasteiger charge is 2.38. The van der Waals surface area contributed by atoms with Gasteiger partial charge in [0.2, 0.25) is 0 Å². The number of benzene rings is 1. The van der Waals surface area contributed by atoms with E-state index in [4.69, 9.17) is 0 Å². The minimum Gasteiger partial charge on any atom is -0.338 e. The lowest BCUT2D eigenvalue weighted by molar-refractivity contribution is 0.0781. The van der Waals surface area contributed by atoms with Crippen LogP contribution in [0, 0.1) is 18.8 Å². The maximum absolute atomic E-state index is 12.8. The molecule has 0 aliphatic carbocycles. The molecular weight excluding hydrogens is 312 g/mol. The molecule has 2 saturated heterocycles. The Bertz CT molecular complexity index is 688. The first-order valence-corrected chi connectivity index (χ1v) is 7.84. The van der Waals surface area contributed by atoms with Gasteiger partial charge in [0.05, 0.1) is 16.9 Å². The summed E-state index contributed by atoms with van der Waals surface area (Å²) < 4.78 is 1.79. The van der Waals surface area contributed by atoms with Crippen LogP contribution in [0.1, 0.15) is 16.1 Å². The summed E-state index contributed by atoms with van der Waals surface area (Å²) in [5, 5.41) is 7.91. The molecule has 122 valence electrons. The smallest absolute Gasteiger partial charge is 0.257 e. The Morgan fingerprint density at radius 2 is 1.83 bits per heavy atom. The Morgan fingerprint density at radius 3 is 2.48 bits per heavy atom. The fraction of sp³-hybridized carbons (Fsp3) is 0.412. The van der Waals surface area contributed by atoms with Gasteiger partial charge in [-0.05, 0) is 30.9 Å². The molecule has 23 heavy (non-hydrogen) atoms. The molecule has 6 heteroatoms. The van der Waals surface area contributed by atoms with E-state index in [0.717, 1.165) is 43.1 Å². The van der Waals surface area contributed by atoms with Crippen LogP contribution in [0.15, 0.2) is 36.5 Å². The number of amides is 1. The van der Waals surface area contributed by atoms with E-state index >= 15 is 0 Å². The van der Waals surface area contributed by atoms with Crippen LogP contribution in [0.25, 0.3) is 5.69 Å². The number of carbonyl (C=O) groups is 1. The number of aromatic nitrogens is 2. The number of hydrogen-bond acceptors (Lipinski definition) is 3. The van der Waals surface area contributed by atoms with Crippen molar-refractivity contribution in [3.63, 3.8) is 0 Å². The van der Waals surface area contributed by atoms with Gasteiger partial charge in [-0.25, -0.2) is 4.68 Å². The third kappa shape index (κ3) is 2.86. The second-order valence-corrected chi connectivity index (χ2v) is 6.30. The second-order valence-electron chi connectivity index (χ2n) is 6.30. The summed E-state index contributed by atoms with van der Waals surface area (Å²) in [4.78, 5) is 14.8. The summed E-state index contributed by atoms with van der Waals surface area (Å²) in [5.41, 5.74) is 2.49. The van der Waals surface area contributed by atoms with Crippen molar-refractivity contribution in [3.8, 4) is 5.69 Å². The van der Waals surface area contributed by atoms with E-state index in [2.05, 4.69) is 10.4 Å². The first kappa shape index (κ1) is 16.0. The second kappa shape index (κ2) is 6.34. The molecule has 0 spiro atoms. The van der Waals surface area contributed by atoms with Crippen molar-refractivity contribution in [3.05, 3.63) is 47.8 Å². The third-order valence-electron chi connectivity index (χ3n) is 4.83. The van der Waals surface area contributed by atoms with E-state index in [1.54, 1.807) is 4.68 Å². The molecule has 3 heterocycles. The van der Waals surface area contributed by atoms with E-state index < -0.39 is 0 Å². The van der Waals surface area contributed by atoms with Crippen molar-refractivity contribution in [2.45, 2.75) is 6.92 Å². The van der Waals surface area contributed by atoms with Crippen LogP contribution in [0.4, 0.5) is 0 Å². The Labute approximate surface area is 142 Å². The van der Waals surface area contributed by atoms with Gasteiger partial charge in [0.1, 0.15) is 0 Å². The van der Waals surface area contributed by atoms with Gasteiger partial charge in [0.15, 0.2) is 0 Å². The van der Waals surface area contributed by atoms with Gasteiger partial charge in [0.25, 0.3) is 5.91 Å². The summed E-state index contributed by atoms with van der Waals surface area (Å²) in [7, 11) is 0. The van der Waals surface area contributed by atoms with Crippen molar-refractivity contribution < 1.29 is 4.79 Å². The molecule has 4 rings (SSSR count). The van der Waals surface area contributed by atoms with E-state index in [0.29, 0.717) is 11.8 Å². The zero-order valence-corrected chi connectivity index (χ0v) is 13.9. The highest BCUT2D eigenvalue weighted by molar-refractivity contribution is 5.95. The summed E-state index contributed by atoms with van der Waals surface area (Å²) in [6, 6.07) is 9.91. The molecule has 0 bridgehead atoms. The van der Waals surface area contributed by atoms with Crippen molar-refractivity contribution in [1.29, 1.82) is 0 Å². The minimum absolute atomic E-state index is 0. The van der Waals surface area contributed by atoms with Gasteiger partial charge in [-0.3, -0.25) is 4.79 Å². The molecule has 2 aliphatic heterocycles. The van der Waals surface area contributed by atoms with Gasteiger partial charge < -0.3 is 10.2 Å². The molecule has 0 radical (unpaired) electrons. The number of rotatable bonds is 2. The predicted molar refractivity (Wildman–Crippen MR) is 91.3 cm³/mol. The third-order valence-corrected chi connectivity index (χ3v) is 4.83. The SMILES string of the molecule is Cc1nn(-c2ccccc2)cc1C(=O)N1C[C@H]2CNC[C@H]2C1.Cl. The number of nitrogens with one attached hydrogen (secondary N) is 1. The lowest BCUT2D eigenvalue weighted by Gasteiger charge is -2.16. The van der Waals surface area contributed by atoms with E-state index in [1.807, 2.05) is 48.4 Å². The van der Waals surface area contributed by atoms with E-state index in [-0.39, 0.29) is 18.3 Å². The molecule has 1 aromatic carbocycles. The van der Waals surface area contributed by atoms with Crippen molar-refractivity contribution in [1.82, 2.24) is 20.0 Å². The molecule has 1 aromatic heterocycles. The molecule has 0 unspecified atom stereocenters. The molecule has 0 saturated carbocycles. The first-order valence-electron chi connectivity index (χ1n) is 7.84. The number of likely N-dealkylation sites (tertiary alicyclic amines) is 1. The number of nitrogens with zero attached hydrogens (tertiary/aromatic N) is 3. The van der Waals surface area contributed by atoms with Gasteiger partial charge in [-0.2, -0.15) is 5.10 Å². The fourth-order valence-corrected chi connectivity index (χ4v) is 3.57. The topological polar surface area (TPSA) is 50.2 Å². The number of halogens is 1. The van der Waals surface area contributed by atoms with Crippen molar-refractivity contribution >= 4 is 18.3 Å². The Morgan fingerprint density at radius 1 is 1.17 bits per heavy atom. The van der Waals surface area contributed by atoms with E-state index in [1.165, 1.54) is 0 Å². The molecule has 2 aliphatic rings. The Balaban J connectivity index is 0.00000156. The van der Waals surface area contributed by atoms with Gasteiger partial charge in [-0.1, -0.05) is 18.2 Å². The van der Waals surface area contributed by atoms with Gasteiger partial charge in [-0.15, -0.1) is 12.4 Å². The average Bonchev–Trinajstić information content (AvgIpc) is 3.21. The van der Waals surface area contributed by atoms with Crippen LogP contribution in [0.5, 0.6) is 0 Å². The molecule has 2 atom stereocenters. The molecule has 5 nitrogen and oxygen atoms in total. The number of aryl methyl sites for hydroxylation is 1. The minimum atomic E-state index is 0. The summed E-state index contributed by atoms with van der Waals surface area (Å²) in [5.74, 6) is 1.36. The van der Waals surface area contributed by atoms with Crippen molar-refractivity contribution in [2.75, 3.05) is 26.2 Å². The summed E-state index contributed by atoms with van der Waals surface area (Å²) in [6.07, 6.45) is 1.86. The Hall–Kier alpha value is -1.85. The van der Waals surface area contributed by atoms with Gasteiger partial charge >= 0.3 is 0 Å². The monoisotopic (exact) mass is 332 g/mol. The lowest BCUT2D eigenvalue weighted by atomic mass is 10.0. The molecule has 2 fully saturated rings. The van der Waals surface area contributed by atoms with Crippen molar-refractivity contribution in [2.24, 2.45) is 11.8 Å². The number of hydrogen-bond donors (Lipinski definition) is 1. The number of carbonyl (C=O) groups excluding carboxylic acids is 1. The lowest BCUT2D eigenvalue weighted by Crippen LogP contribution is -2.32. The van der Waals surface area contributed by atoms with Crippen LogP contribution in [-0.4, -0.2) is 46.8 Å². The molecular formula is C17H21ClN4O.